The summed E-state index contributed by atoms with van der Waals surface area (Å²) in [5.41, 5.74) is 0. The maximum atomic E-state index is 11.8. The molecule has 0 saturated heterocycles. The van der Waals surface area contributed by atoms with Gasteiger partial charge in [0.25, 0.3) is 5.91 Å². The van der Waals surface area contributed by atoms with E-state index in [1.165, 1.54) is 96.3 Å². The van der Waals surface area contributed by atoms with E-state index in [9.17, 15) is 4.79 Å². The number of nitrogens with zero attached hydrogens (tertiary/aromatic N) is 1. The zero-order valence-electron chi connectivity index (χ0n) is 21.1. The molecule has 0 fully saturated rings. The fourth-order valence-corrected chi connectivity index (χ4v) is 3.67. The Bertz CT molecular complexity index is 372. The highest BCUT2D eigenvalue weighted by Crippen LogP contribution is 2.13. The van der Waals surface area contributed by atoms with Crippen LogP contribution in [-0.2, 0) is 9.53 Å². The van der Waals surface area contributed by atoms with Crippen molar-refractivity contribution in [3.05, 3.63) is 0 Å². The van der Waals surface area contributed by atoms with Gasteiger partial charge in [0.15, 0.2) is 6.54 Å². The van der Waals surface area contributed by atoms with Gasteiger partial charge in [-0.1, -0.05) is 103 Å². The van der Waals surface area contributed by atoms with Crippen LogP contribution >= 0.6 is 0 Å². The first-order valence-electron chi connectivity index (χ1n) is 13.2. The standard InChI is InChI=1S/C26H54N2O2/c1-5-7-8-9-10-11-12-13-14-15-16-17-18-19-20-21-23-30-24-22-27-26(29)25-28(3,4)6-2/h5-25H2,1-4H3/p+1. The van der Waals surface area contributed by atoms with Crippen molar-refractivity contribution in [2.24, 2.45) is 0 Å². The number of unbranched alkanes of at least 4 members (excludes halogenated alkanes) is 15. The van der Waals surface area contributed by atoms with Gasteiger partial charge in [0.1, 0.15) is 0 Å². The zero-order chi connectivity index (χ0) is 22.3. The fourth-order valence-electron chi connectivity index (χ4n) is 3.67. The fraction of sp³-hybridized carbons (Fsp3) is 0.962. The molecular weight excluding hydrogens is 372 g/mol. The van der Waals surface area contributed by atoms with Crippen LogP contribution in [-0.4, -0.2) is 57.3 Å². The van der Waals surface area contributed by atoms with Crippen LogP contribution in [0, 0.1) is 0 Å². The van der Waals surface area contributed by atoms with Crippen LogP contribution in [0.15, 0.2) is 0 Å². The maximum absolute atomic E-state index is 11.8. The Morgan fingerprint density at radius 3 is 1.53 bits per heavy atom. The quantitative estimate of drug-likeness (QED) is 0.150. The second-order valence-corrected chi connectivity index (χ2v) is 9.68. The number of nitrogens with one attached hydrogen (secondary N) is 1. The molecule has 0 atom stereocenters. The van der Waals surface area contributed by atoms with Crippen LogP contribution in [0.1, 0.15) is 117 Å². The molecule has 4 heteroatoms. The van der Waals surface area contributed by atoms with Crippen molar-refractivity contribution in [1.29, 1.82) is 0 Å². The summed E-state index contributed by atoms with van der Waals surface area (Å²) in [5.74, 6) is 0.118. The minimum Gasteiger partial charge on any atom is -0.380 e. The average molecular weight is 428 g/mol. The van der Waals surface area contributed by atoms with Crippen LogP contribution in [0.4, 0.5) is 0 Å². The summed E-state index contributed by atoms with van der Waals surface area (Å²) in [6.07, 6.45) is 22.3. The van der Waals surface area contributed by atoms with Gasteiger partial charge >= 0.3 is 0 Å². The Labute approximate surface area is 189 Å². The van der Waals surface area contributed by atoms with Gasteiger partial charge in [0, 0.05) is 13.2 Å². The van der Waals surface area contributed by atoms with E-state index >= 15 is 0 Å². The number of amides is 1. The van der Waals surface area contributed by atoms with Crippen molar-refractivity contribution in [1.82, 2.24) is 5.32 Å². The Morgan fingerprint density at radius 2 is 1.10 bits per heavy atom. The smallest absolute Gasteiger partial charge is 0.275 e. The van der Waals surface area contributed by atoms with E-state index in [4.69, 9.17) is 4.74 Å². The summed E-state index contributed by atoms with van der Waals surface area (Å²) in [7, 11) is 4.15. The van der Waals surface area contributed by atoms with Crippen molar-refractivity contribution in [2.75, 3.05) is 46.9 Å². The number of carbonyl (C=O) groups excluding carboxylic acids is 1. The van der Waals surface area contributed by atoms with Gasteiger partial charge in [-0.05, 0) is 13.3 Å². The van der Waals surface area contributed by atoms with Crippen LogP contribution in [0.5, 0.6) is 0 Å². The third kappa shape index (κ3) is 22.1. The van der Waals surface area contributed by atoms with E-state index in [0.717, 1.165) is 24.1 Å². The summed E-state index contributed by atoms with van der Waals surface area (Å²) >= 11 is 0. The van der Waals surface area contributed by atoms with E-state index in [-0.39, 0.29) is 5.91 Å². The molecule has 0 aliphatic heterocycles. The first-order chi connectivity index (χ1) is 14.5. The first-order valence-corrected chi connectivity index (χ1v) is 13.2. The Morgan fingerprint density at radius 1 is 0.667 bits per heavy atom. The number of carbonyl (C=O) groups is 1. The van der Waals surface area contributed by atoms with Crippen LogP contribution in [0.3, 0.4) is 0 Å². The summed E-state index contributed by atoms with van der Waals surface area (Å²) in [4.78, 5) is 11.8. The molecule has 0 spiro atoms. The molecule has 0 heterocycles. The molecule has 0 aromatic rings. The van der Waals surface area contributed by atoms with Crippen molar-refractivity contribution in [3.8, 4) is 0 Å². The highest BCUT2D eigenvalue weighted by molar-refractivity contribution is 5.77. The van der Waals surface area contributed by atoms with Gasteiger partial charge in [-0.3, -0.25) is 4.79 Å². The third-order valence-corrected chi connectivity index (χ3v) is 6.14. The SMILES string of the molecule is CCCCCCCCCCCCCCCCCCOCCNC(=O)C[N+](C)(C)CC. The summed E-state index contributed by atoms with van der Waals surface area (Å²) < 4.78 is 6.37. The summed E-state index contributed by atoms with van der Waals surface area (Å²) in [6, 6.07) is 0. The van der Waals surface area contributed by atoms with Gasteiger partial charge in [-0.15, -0.1) is 0 Å². The molecular formula is C26H55N2O2+. The van der Waals surface area contributed by atoms with Crippen molar-refractivity contribution < 1.29 is 14.0 Å². The molecule has 0 bridgehead atoms. The predicted molar refractivity (Wildman–Crippen MR) is 131 cm³/mol. The molecule has 180 valence electrons. The molecule has 0 aromatic carbocycles. The van der Waals surface area contributed by atoms with Gasteiger partial charge in [0.2, 0.25) is 0 Å². The van der Waals surface area contributed by atoms with Gasteiger partial charge in [-0.2, -0.15) is 0 Å². The minimum absolute atomic E-state index is 0.118. The number of quaternary nitrogens is 1. The van der Waals surface area contributed by atoms with Crippen molar-refractivity contribution in [2.45, 2.75) is 117 Å². The molecule has 1 amide bonds. The second kappa shape index (κ2) is 21.6. The number of hydrogen-bond donors (Lipinski definition) is 1. The summed E-state index contributed by atoms with van der Waals surface area (Å²) in [6.45, 7) is 7.97. The zero-order valence-corrected chi connectivity index (χ0v) is 21.1. The Kier molecular flexibility index (Phi) is 21.2. The predicted octanol–water partition coefficient (Wildman–Crippen LogP) is 6.48. The van der Waals surface area contributed by atoms with E-state index in [2.05, 4.69) is 33.3 Å². The van der Waals surface area contributed by atoms with Crippen LogP contribution in [0.25, 0.3) is 0 Å². The lowest BCUT2D eigenvalue weighted by molar-refractivity contribution is -0.880. The molecule has 0 radical (unpaired) electrons. The van der Waals surface area contributed by atoms with Crippen LogP contribution in [0.2, 0.25) is 0 Å². The first kappa shape index (κ1) is 29.4. The van der Waals surface area contributed by atoms with E-state index in [1.807, 2.05) is 0 Å². The molecule has 0 aromatic heterocycles. The van der Waals surface area contributed by atoms with Gasteiger partial charge in [0.05, 0.1) is 27.2 Å². The minimum atomic E-state index is 0.118. The monoisotopic (exact) mass is 427 g/mol. The number of hydrogen-bond acceptors (Lipinski definition) is 2. The van der Waals surface area contributed by atoms with Crippen molar-refractivity contribution in [3.63, 3.8) is 0 Å². The lowest BCUT2D eigenvalue weighted by atomic mass is 10.0. The second-order valence-electron chi connectivity index (χ2n) is 9.68. The van der Waals surface area contributed by atoms with Crippen molar-refractivity contribution >= 4 is 5.91 Å². The lowest BCUT2D eigenvalue weighted by Crippen LogP contribution is -2.47. The van der Waals surface area contributed by atoms with E-state index in [1.54, 1.807) is 0 Å². The maximum Gasteiger partial charge on any atom is 0.275 e. The highest BCUT2D eigenvalue weighted by atomic mass is 16.5. The number of rotatable bonds is 23. The molecule has 4 nitrogen and oxygen atoms in total. The Balaban J connectivity index is 3.15. The van der Waals surface area contributed by atoms with Gasteiger partial charge in [-0.25, -0.2) is 0 Å². The molecule has 0 rings (SSSR count). The molecule has 0 saturated carbocycles. The summed E-state index contributed by atoms with van der Waals surface area (Å²) in [5, 5.41) is 2.95. The molecule has 1 N–H and O–H groups in total. The molecule has 0 aliphatic carbocycles. The van der Waals surface area contributed by atoms with E-state index < -0.39 is 0 Å². The third-order valence-electron chi connectivity index (χ3n) is 6.14. The normalized spacial score (nSPS) is 11.7. The number of ether oxygens (including phenoxy) is 1. The van der Waals surface area contributed by atoms with Gasteiger partial charge < -0.3 is 14.5 Å². The Hall–Kier alpha value is -0.610. The topological polar surface area (TPSA) is 38.3 Å². The molecule has 0 unspecified atom stereocenters. The average Bonchev–Trinajstić information content (AvgIpc) is 2.72. The molecule has 0 aliphatic rings. The highest BCUT2D eigenvalue weighted by Gasteiger charge is 2.16. The largest absolute Gasteiger partial charge is 0.380 e. The lowest BCUT2D eigenvalue weighted by Gasteiger charge is -2.27. The van der Waals surface area contributed by atoms with Crippen LogP contribution < -0.4 is 5.32 Å². The molecule has 30 heavy (non-hydrogen) atoms. The number of likely N-dealkylation sites (N-methyl/N-ethyl adjacent to an activating group) is 1. The van der Waals surface area contributed by atoms with E-state index in [0.29, 0.717) is 19.7 Å².